The topological polar surface area (TPSA) is 73.9 Å². The van der Waals surface area contributed by atoms with Crippen LogP contribution in [0.2, 0.25) is 0 Å². The molecule has 30 heavy (non-hydrogen) atoms. The number of carbonyl (C=O) groups is 2. The van der Waals surface area contributed by atoms with E-state index in [9.17, 15) is 14.0 Å². The monoisotopic (exact) mass is 414 g/mol. The van der Waals surface area contributed by atoms with Gasteiger partial charge in [-0.3, -0.25) is 14.5 Å². The van der Waals surface area contributed by atoms with E-state index in [2.05, 4.69) is 26.5 Å². The molecule has 1 saturated heterocycles. The molecule has 8 heteroatoms. The number of carbonyl (C=O) groups excluding carboxylic acids is 2. The van der Waals surface area contributed by atoms with Gasteiger partial charge in [0.15, 0.2) is 0 Å². The molecule has 0 atom stereocenters. The normalized spacial score (nSPS) is 14.3. The van der Waals surface area contributed by atoms with Crippen molar-refractivity contribution in [3.63, 3.8) is 0 Å². The lowest BCUT2D eigenvalue weighted by molar-refractivity contribution is -0.136. The Hall–Kier alpha value is -3.13. The number of piperazine rings is 1. The minimum absolute atomic E-state index is 0.00873. The maximum Gasteiger partial charge on any atom is 0.313 e. The van der Waals surface area contributed by atoms with Crippen LogP contribution in [-0.2, 0) is 9.59 Å². The zero-order chi connectivity index (χ0) is 21.3. The molecule has 2 N–H and O–H groups in total. The average Bonchev–Trinajstić information content (AvgIpc) is 2.78. The Morgan fingerprint density at radius 3 is 2.43 bits per heavy atom. The van der Waals surface area contributed by atoms with Gasteiger partial charge in [0.2, 0.25) is 0 Å². The van der Waals surface area contributed by atoms with Crippen molar-refractivity contribution in [2.75, 3.05) is 56.6 Å². The SMILES string of the molecule is COc1ccccc1N1CCN(CCCNC(=O)C(=O)Nc2ccccc2F)CC1. The number of amides is 2. The van der Waals surface area contributed by atoms with E-state index in [0.717, 1.165) is 50.6 Å². The Morgan fingerprint density at radius 1 is 1.00 bits per heavy atom. The van der Waals surface area contributed by atoms with Crippen LogP contribution in [0.25, 0.3) is 0 Å². The standard InChI is InChI=1S/C22H27FN4O3/c1-30-20-10-5-4-9-19(20)27-15-13-26(14-16-27)12-6-11-24-21(28)22(29)25-18-8-3-2-7-17(18)23/h2-5,7-10H,6,11-16H2,1H3,(H,24,28)(H,25,29). The second kappa shape index (κ2) is 10.6. The number of methoxy groups -OCH3 is 1. The maximum atomic E-state index is 13.5. The van der Waals surface area contributed by atoms with Gasteiger partial charge in [0.25, 0.3) is 0 Å². The van der Waals surface area contributed by atoms with Crippen LogP contribution in [0.3, 0.4) is 0 Å². The van der Waals surface area contributed by atoms with E-state index >= 15 is 0 Å². The zero-order valence-electron chi connectivity index (χ0n) is 17.1. The number of ether oxygens (including phenoxy) is 1. The summed E-state index contributed by atoms with van der Waals surface area (Å²) < 4.78 is 19.0. The van der Waals surface area contributed by atoms with Crippen molar-refractivity contribution < 1.29 is 18.7 Å². The molecule has 1 aliphatic heterocycles. The van der Waals surface area contributed by atoms with Crippen molar-refractivity contribution in [1.82, 2.24) is 10.2 Å². The third-order valence-corrected chi connectivity index (χ3v) is 5.06. The molecular formula is C22H27FN4O3. The maximum absolute atomic E-state index is 13.5. The number of hydrogen-bond acceptors (Lipinski definition) is 5. The molecule has 1 aliphatic rings. The number of para-hydroxylation sites is 3. The molecule has 0 saturated carbocycles. The van der Waals surface area contributed by atoms with Crippen molar-refractivity contribution in [3.05, 3.63) is 54.3 Å². The Bertz CT molecular complexity index is 869. The fourth-order valence-electron chi connectivity index (χ4n) is 3.43. The third-order valence-electron chi connectivity index (χ3n) is 5.06. The van der Waals surface area contributed by atoms with Gasteiger partial charge in [0.05, 0.1) is 18.5 Å². The molecule has 160 valence electrons. The molecule has 0 spiro atoms. The molecule has 3 rings (SSSR count). The minimum atomic E-state index is -0.870. The van der Waals surface area contributed by atoms with Gasteiger partial charge in [-0.15, -0.1) is 0 Å². The summed E-state index contributed by atoms with van der Waals surface area (Å²) >= 11 is 0. The van der Waals surface area contributed by atoms with Crippen LogP contribution in [0.4, 0.5) is 15.8 Å². The summed E-state index contributed by atoms with van der Waals surface area (Å²) in [6.07, 6.45) is 0.730. The predicted molar refractivity (Wildman–Crippen MR) is 114 cm³/mol. The van der Waals surface area contributed by atoms with Crippen molar-refractivity contribution in [1.29, 1.82) is 0 Å². The third kappa shape index (κ3) is 5.70. The van der Waals surface area contributed by atoms with Crippen LogP contribution in [-0.4, -0.2) is 63.1 Å². The molecule has 7 nitrogen and oxygen atoms in total. The van der Waals surface area contributed by atoms with E-state index in [1.54, 1.807) is 13.2 Å². The van der Waals surface area contributed by atoms with E-state index in [-0.39, 0.29) is 5.69 Å². The van der Waals surface area contributed by atoms with Crippen molar-refractivity contribution in [2.24, 2.45) is 0 Å². The molecule has 2 amide bonds. The summed E-state index contributed by atoms with van der Waals surface area (Å²) in [7, 11) is 1.68. The molecule has 0 aromatic heterocycles. The minimum Gasteiger partial charge on any atom is -0.495 e. The Labute approximate surface area is 175 Å². The van der Waals surface area contributed by atoms with Gasteiger partial charge in [-0.2, -0.15) is 0 Å². The fraction of sp³-hybridized carbons (Fsp3) is 0.364. The van der Waals surface area contributed by atoms with Crippen LogP contribution < -0.4 is 20.3 Å². The lowest BCUT2D eigenvalue weighted by Gasteiger charge is -2.36. The Balaban J connectivity index is 1.35. The van der Waals surface area contributed by atoms with Crippen molar-refractivity contribution >= 4 is 23.2 Å². The highest BCUT2D eigenvalue weighted by Gasteiger charge is 2.19. The van der Waals surface area contributed by atoms with Gasteiger partial charge in [-0.25, -0.2) is 4.39 Å². The summed E-state index contributed by atoms with van der Waals surface area (Å²) in [6, 6.07) is 13.7. The van der Waals surface area contributed by atoms with Gasteiger partial charge < -0.3 is 20.3 Å². The van der Waals surface area contributed by atoms with Crippen LogP contribution >= 0.6 is 0 Å². The summed E-state index contributed by atoms with van der Waals surface area (Å²) in [5, 5.41) is 4.86. The number of halogens is 1. The Morgan fingerprint density at radius 2 is 1.70 bits per heavy atom. The second-order valence-corrected chi connectivity index (χ2v) is 7.04. The lowest BCUT2D eigenvalue weighted by atomic mass is 10.2. The number of hydrogen-bond donors (Lipinski definition) is 2. The second-order valence-electron chi connectivity index (χ2n) is 7.04. The first kappa shape index (κ1) is 21.6. The Kier molecular flexibility index (Phi) is 7.62. The van der Waals surface area contributed by atoms with Gasteiger partial charge in [0, 0.05) is 32.7 Å². The largest absolute Gasteiger partial charge is 0.495 e. The average molecular weight is 414 g/mol. The highest BCUT2D eigenvalue weighted by Crippen LogP contribution is 2.28. The molecule has 0 radical (unpaired) electrons. The van der Waals surface area contributed by atoms with E-state index in [1.165, 1.54) is 18.2 Å². The lowest BCUT2D eigenvalue weighted by Crippen LogP contribution is -2.47. The molecule has 0 unspecified atom stereocenters. The highest BCUT2D eigenvalue weighted by atomic mass is 19.1. The van der Waals surface area contributed by atoms with Gasteiger partial charge >= 0.3 is 11.8 Å². The van der Waals surface area contributed by atoms with Gasteiger partial charge in [-0.1, -0.05) is 24.3 Å². The summed E-state index contributed by atoms with van der Waals surface area (Å²) in [5.74, 6) is -1.34. The first-order chi connectivity index (χ1) is 14.6. The number of anilines is 2. The first-order valence-corrected chi connectivity index (χ1v) is 10.0. The van der Waals surface area contributed by atoms with E-state index in [1.807, 2.05) is 18.2 Å². The van der Waals surface area contributed by atoms with Crippen LogP contribution in [0.15, 0.2) is 48.5 Å². The van der Waals surface area contributed by atoms with Crippen LogP contribution in [0.1, 0.15) is 6.42 Å². The fourth-order valence-corrected chi connectivity index (χ4v) is 3.43. The molecule has 2 aromatic rings. The van der Waals surface area contributed by atoms with Crippen LogP contribution in [0.5, 0.6) is 5.75 Å². The molecule has 0 aliphatic carbocycles. The van der Waals surface area contributed by atoms with E-state index in [4.69, 9.17) is 4.74 Å². The predicted octanol–water partition coefficient (Wildman–Crippen LogP) is 2.10. The van der Waals surface area contributed by atoms with E-state index in [0.29, 0.717) is 6.54 Å². The zero-order valence-corrected chi connectivity index (χ0v) is 17.1. The number of nitrogens with zero attached hydrogens (tertiary/aromatic N) is 2. The molecule has 2 aromatic carbocycles. The number of benzene rings is 2. The molecular weight excluding hydrogens is 387 g/mol. The quantitative estimate of drug-likeness (QED) is 0.536. The van der Waals surface area contributed by atoms with Gasteiger partial charge in [0.1, 0.15) is 11.6 Å². The summed E-state index contributed by atoms with van der Waals surface area (Å²) in [4.78, 5) is 28.4. The van der Waals surface area contributed by atoms with Crippen LogP contribution in [0, 0.1) is 5.82 Å². The van der Waals surface area contributed by atoms with Crippen molar-refractivity contribution in [2.45, 2.75) is 6.42 Å². The molecule has 1 fully saturated rings. The molecule has 1 heterocycles. The first-order valence-electron chi connectivity index (χ1n) is 10.0. The van der Waals surface area contributed by atoms with E-state index < -0.39 is 17.6 Å². The smallest absolute Gasteiger partial charge is 0.313 e. The number of rotatable bonds is 7. The van der Waals surface area contributed by atoms with Crippen molar-refractivity contribution in [3.8, 4) is 5.75 Å². The summed E-state index contributed by atoms with van der Waals surface area (Å²) in [6.45, 7) is 4.85. The van der Waals surface area contributed by atoms with Gasteiger partial charge in [-0.05, 0) is 37.2 Å². The molecule has 0 bridgehead atoms. The highest BCUT2D eigenvalue weighted by molar-refractivity contribution is 6.39. The summed E-state index contributed by atoms with van der Waals surface area (Å²) in [5.41, 5.74) is 1.10. The number of nitrogens with one attached hydrogen (secondary N) is 2.